The molecule has 0 saturated carbocycles. The Balaban J connectivity index is 1.95. The van der Waals surface area contributed by atoms with Gasteiger partial charge in [-0.15, -0.1) is 0 Å². The van der Waals surface area contributed by atoms with Crippen molar-refractivity contribution >= 4 is 15.5 Å². The summed E-state index contributed by atoms with van der Waals surface area (Å²) in [4.78, 5) is 3.99. The van der Waals surface area contributed by atoms with Gasteiger partial charge in [0, 0.05) is 11.9 Å². The van der Waals surface area contributed by atoms with E-state index in [4.69, 9.17) is 4.52 Å². The largest absolute Gasteiger partial charge is 0.376 e. The van der Waals surface area contributed by atoms with Gasteiger partial charge in [0.25, 0.3) is 0 Å². The fraction of sp³-hybridized carbons (Fsp3) is 0.273. The van der Waals surface area contributed by atoms with Crippen molar-refractivity contribution in [3.8, 4) is 0 Å². The maximum atomic E-state index is 11.1. The number of anilines is 1. The molecular weight excluding hydrogens is 254 g/mol. The Bertz CT molecular complexity index is 607. The van der Waals surface area contributed by atoms with E-state index < -0.39 is 9.84 Å². The number of benzene rings is 1. The number of aromatic nitrogens is 2. The van der Waals surface area contributed by atoms with Crippen LogP contribution in [0.5, 0.6) is 0 Å². The van der Waals surface area contributed by atoms with Crippen molar-refractivity contribution in [1.82, 2.24) is 10.1 Å². The van der Waals surface area contributed by atoms with Gasteiger partial charge in [-0.2, -0.15) is 4.98 Å². The lowest BCUT2D eigenvalue weighted by molar-refractivity contribution is 0.379. The molecule has 18 heavy (non-hydrogen) atoms. The highest BCUT2D eigenvalue weighted by atomic mass is 32.2. The van der Waals surface area contributed by atoms with Gasteiger partial charge in [0.1, 0.15) is 5.75 Å². The third kappa shape index (κ3) is 3.85. The van der Waals surface area contributed by atoms with Gasteiger partial charge in [0.05, 0.1) is 6.54 Å². The Morgan fingerprint density at radius 1 is 1.28 bits per heavy atom. The lowest BCUT2D eigenvalue weighted by Crippen LogP contribution is -2.03. The Kier molecular flexibility index (Phi) is 3.61. The Morgan fingerprint density at radius 2 is 2.00 bits per heavy atom. The standard InChI is InChI=1S/C11H13N3O3S/c1-18(15,16)8-10-13-11(17-14-10)7-12-9-5-3-2-4-6-9/h2-6,12H,7-8H2,1H3. The van der Waals surface area contributed by atoms with E-state index in [1.165, 1.54) is 0 Å². The first-order chi connectivity index (χ1) is 8.53. The zero-order chi connectivity index (χ0) is 13.0. The van der Waals surface area contributed by atoms with Crippen LogP contribution in [0.25, 0.3) is 0 Å². The zero-order valence-corrected chi connectivity index (χ0v) is 10.6. The van der Waals surface area contributed by atoms with Crippen LogP contribution >= 0.6 is 0 Å². The zero-order valence-electron chi connectivity index (χ0n) is 9.83. The third-order valence-electron chi connectivity index (χ3n) is 2.12. The number of hydrogen-bond donors (Lipinski definition) is 1. The fourth-order valence-electron chi connectivity index (χ4n) is 1.39. The minimum absolute atomic E-state index is 0.183. The predicted octanol–water partition coefficient (Wildman–Crippen LogP) is 1.23. The van der Waals surface area contributed by atoms with Crippen LogP contribution in [0.2, 0.25) is 0 Å². The average Bonchev–Trinajstić information content (AvgIpc) is 2.73. The van der Waals surface area contributed by atoms with Crippen molar-refractivity contribution in [3.63, 3.8) is 0 Å². The van der Waals surface area contributed by atoms with Gasteiger partial charge < -0.3 is 9.84 Å². The molecule has 1 N–H and O–H groups in total. The van der Waals surface area contributed by atoms with Gasteiger partial charge >= 0.3 is 0 Å². The molecule has 0 fully saturated rings. The highest BCUT2D eigenvalue weighted by Gasteiger charge is 2.11. The number of rotatable bonds is 5. The Labute approximate surface area is 105 Å². The second-order valence-corrected chi connectivity index (χ2v) is 6.03. The molecule has 0 radical (unpaired) electrons. The first-order valence-electron chi connectivity index (χ1n) is 5.31. The first kappa shape index (κ1) is 12.6. The molecule has 2 aromatic rings. The van der Waals surface area contributed by atoms with E-state index in [0.717, 1.165) is 11.9 Å². The van der Waals surface area contributed by atoms with Crippen LogP contribution in [0.1, 0.15) is 11.7 Å². The molecule has 0 bridgehead atoms. The number of sulfone groups is 1. The fourth-order valence-corrected chi connectivity index (χ4v) is 1.98. The van der Waals surface area contributed by atoms with Crippen LogP contribution in [0.4, 0.5) is 5.69 Å². The van der Waals surface area contributed by atoms with E-state index in [1.807, 2.05) is 30.3 Å². The van der Waals surface area contributed by atoms with E-state index >= 15 is 0 Å². The molecule has 2 rings (SSSR count). The summed E-state index contributed by atoms with van der Waals surface area (Å²) in [5, 5.41) is 6.70. The summed E-state index contributed by atoms with van der Waals surface area (Å²) in [6.07, 6.45) is 1.13. The number of nitrogens with zero attached hydrogens (tertiary/aromatic N) is 2. The second kappa shape index (κ2) is 5.18. The van der Waals surface area contributed by atoms with E-state index in [-0.39, 0.29) is 11.6 Å². The molecule has 0 unspecified atom stereocenters. The molecule has 0 atom stereocenters. The highest BCUT2D eigenvalue weighted by molar-refractivity contribution is 7.89. The third-order valence-corrected chi connectivity index (χ3v) is 2.90. The molecule has 1 heterocycles. The molecule has 7 heteroatoms. The summed E-state index contributed by atoms with van der Waals surface area (Å²) >= 11 is 0. The molecule has 6 nitrogen and oxygen atoms in total. The summed E-state index contributed by atoms with van der Waals surface area (Å²) in [6, 6.07) is 9.56. The van der Waals surface area contributed by atoms with Crippen LogP contribution < -0.4 is 5.32 Å². The van der Waals surface area contributed by atoms with Gasteiger partial charge in [0.2, 0.25) is 5.89 Å². The number of hydrogen-bond acceptors (Lipinski definition) is 6. The monoisotopic (exact) mass is 267 g/mol. The lowest BCUT2D eigenvalue weighted by Gasteiger charge is -2.01. The van der Waals surface area contributed by atoms with Crippen LogP contribution in [0.3, 0.4) is 0 Å². The number of para-hydroxylation sites is 1. The lowest BCUT2D eigenvalue weighted by atomic mass is 10.3. The van der Waals surface area contributed by atoms with Crippen molar-refractivity contribution in [2.24, 2.45) is 0 Å². The SMILES string of the molecule is CS(=O)(=O)Cc1noc(CNc2ccccc2)n1. The Morgan fingerprint density at radius 3 is 2.67 bits per heavy atom. The van der Waals surface area contributed by atoms with E-state index in [2.05, 4.69) is 15.5 Å². The summed E-state index contributed by atoms with van der Waals surface area (Å²) in [6.45, 7) is 0.362. The van der Waals surface area contributed by atoms with Crippen LogP contribution in [0, 0.1) is 0 Å². The molecule has 96 valence electrons. The van der Waals surface area contributed by atoms with Gasteiger partial charge in [-0.1, -0.05) is 23.4 Å². The maximum Gasteiger partial charge on any atom is 0.245 e. The predicted molar refractivity (Wildman–Crippen MR) is 66.6 cm³/mol. The molecule has 0 saturated heterocycles. The molecule has 0 aliphatic heterocycles. The first-order valence-corrected chi connectivity index (χ1v) is 7.37. The maximum absolute atomic E-state index is 11.1. The minimum atomic E-state index is -3.14. The minimum Gasteiger partial charge on any atom is -0.376 e. The topological polar surface area (TPSA) is 85.1 Å². The van der Waals surface area contributed by atoms with Crippen LogP contribution in [-0.4, -0.2) is 24.8 Å². The molecule has 0 aliphatic rings. The van der Waals surface area contributed by atoms with Gasteiger partial charge in [-0.25, -0.2) is 8.42 Å². The van der Waals surface area contributed by atoms with Crippen LogP contribution in [-0.2, 0) is 22.1 Å². The molecule has 0 aliphatic carbocycles. The van der Waals surface area contributed by atoms with Gasteiger partial charge in [-0.05, 0) is 12.1 Å². The summed E-state index contributed by atoms with van der Waals surface area (Å²) in [7, 11) is -3.14. The van der Waals surface area contributed by atoms with Crippen molar-refractivity contribution < 1.29 is 12.9 Å². The molecule has 1 aromatic heterocycles. The summed E-state index contributed by atoms with van der Waals surface area (Å²) in [5.74, 6) is 0.335. The van der Waals surface area contributed by atoms with Crippen molar-refractivity contribution in [3.05, 3.63) is 42.0 Å². The highest BCUT2D eigenvalue weighted by Crippen LogP contribution is 2.08. The molecule has 0 amide bonds. The quantitative estimate of drug-likeness (QED) is 0.877. The summed E-state index contributed by atoms with van der Waals surface area (Å²) < 4.78 is 27.0. The number of nitrogens with one attached hydrogen (secondary N) is 1. The van der Waals surface area contributed by atoms with Gasteiger partial charge in [0.15, 0.2) is 15.7 Å². The van der Waals surface area contributed by atoms with Gasteiger partial charge in [-0.3, -0.25) is 0 Å². The second-order valence-electron chi connectivity index (χ2n) is 3.89. The Hall–Kier alpha value is -1.89. The smallest absolute Gasteiger partial charge is 0.245 e. The van der Waals surface area contributed by atoms with E-state index in [1.54, 1.807) is 0 Å². The normalized spacial score (nSPS) is 11.4. The summed E-state index contributed by atoms with van der Waals surface area (Å²) in [5.41, 5.74) is 0.931. The molecule has 0 spiro atoms. The van der Waals surface area contributed by atoms with E-state index in [9.17, 15) is 8.42 Å². The van der Waals surface area contributed by atoms with Crippen molar-refractivity contribution in [1.29, 1.82) is 0 Å². The molecule has 1 aromatic carbocycles. The van der Waals surface area contributed by atoms with Crippen molar-refractivity contribution in [2.45, 2.75) is 12.3 Å². The average molecular weight is 267 g/mol. The van der Waals surface area contributed by atoms with Crippen molar-refractivity contribution in [2.75, 3.05) is 11.6 Å². The van der Waals surface area contributed by atoms with Crippen LogP contribution in [0.15, 0.2) is 34.9 Å². The van der Waals surface area contributed by atoms with E-state index in [0.29, 0.717) is 12.4 Å². The molecular formula is C11H13N3O3S.